The number of para-hydroxylation sites is 1. The summed E-state index contributed by atoms with van der Waals surface area (Å²) in [7, 11) is -3.17. The topological polar surface area (TPSA) is 63.2 Å². The summed E-state index contributed by atoms with van der Waals surface area (Å²) in [5.41, 5.74) is 0.170. The molecule has 1 N–H and O–H groups in total. The molecule has 7 heteroatoms. The summed E-state index contributed by atoms with van der Waals surface area (Å²) in [6.45, 7) is 0. The SMILES string of the molecule is CS(=O)(=O)Cc1ccc(C(=O)Nc2c(F)cccc2F)cc1. The molecule has 0 aliphatic heterocycles. The van der Waals surface area contributed by atoms with Crippen molar-refractivity contribution in [2.45, 2.75) is 5.75 Å². The summed E-state index contributed by atoms with van der Waals surface area (Å²) in [6, 6.07) is 9.02. The minimum atomic E-state index is -3.17. The normalized spacial score (nSPS) is 11.2. The molecule has 2 rings (SSSR count). The molecule has 116 valence electrons. The number of hydrogen-bond acceptors (Lipinski definition) is 3. The number of carbonyl (C=O) groups excluding carboxylic acids is 1. The van der Waals surface area contributed by atoms with Crippen molar-refractivity contribution in [3.8, 4) is 0 Å². The van der Waals surface area contributed by atoms with Gasteiger partial charge in [0, 0.05) is 11.8 Å². The summed E-state index contributed by atoms with van der Waals surface area (Å²) in [5, 5.41) is 2.16. The van der Waals surface area contributed by atoms with E-state index in [0.717, 1.165) is 18.4 Å². The Labute approximate surface area is 126 Å². The van der Waals surface area contributed by atoms with Gasteiger partial charge in [0.25, 0.3) is 5.91 Å². The van der Waals surface area contributed by atoms with Crippen molar-refractivity contribution in [2.75, 3.05) is 11.6 Å². The maximum Gasteiger partial charge on any atom is 0.255 e. The van der Waals surface area contributed by atoms with E-state index in [1.165, 1.54) is 30.3 Å². The van der Waals surface area contributed by atoms with Gasteiger partial charge in [0.2, 0.25) is 0 Å². The molecule has 4 nitrogen and oxygen atoms in total. The van der Waals surface area contributed by atoms with Crippen LogP contribution in [0.5, 0.6) is 0 Å². The summed E-state index contributed by atoms with van der Waals surface area (Å²) in [4.78, 5) is 12.0. The van der Waals surface area contributed by atoms with Crippen LogP contribution in [0, 0.1) is 11.6 Å². The minimum Gasteiger partial charge on any atom is -0.317 e. The van der Waals surface area contributed by atoms with Gasteiger partial charge in [-0.3, -0.25) is 4.79 Å². The molecule has 0 aromatic heterocycles. The Bertz CT molecular complexity index is 782. The highest BCUT2D eigenvalue weighted by Gasteiger charge is 2.13. The fraction of sp³-hybridized carbons (Fsp3) is 0.133. The number of rotatable bonds is 4. The van der Waals surface area contributed by atoms with Gasteiger partial charge in [0.15, 0.2) is 9.84 Å². The second kappa shape index (κ2) is 6.23. The Morgan fingerprint density at radius 1 is 1.05 bits per heavy atom. The van der Waals surface area contributed by atoms with Crippen molar-refractivity contribution < 1.29 is 22.0 Å². The van der Waals surface area contributed by atoms with Gasteiger partial charge < -0.3 is 5.32 Å². The van der Waals surface area contributed by atoms with Crippen LogP contribution in [-0.4, -0.2) is 20.6 Å². The molecular formula is C15H13F2NO3S. The highest BCUT2D eigenvalue weighted by atomic mass is 32.2. The van der Waals surface area contributed by atoms with Crippen LogP contribution < -0.4 is 5.32 Å². The zero-order valence-corrected chi connectivity index (χ0v) is 12.5. The van der Waals surface area contributed by atoms with Crippen LogP contribution in [-0.2, 0) is 15.6 Å². The highest BCUT2D eigenvalue weighted by molar-refractivity contribution is 7.89. The maximum atomic E-state index is 13.5. The fourth-order valence-corrected chi connectivity index (χ4v) is 2.66. The molecule has 0 aliphatic carbocycles. The largest absolute Gasteiger partial charge is 0.317 e. The third kappa shape index (κ3) is 4.11. The van der Waals surface area contributed by atoms with E-state index >= 15 is 0 Å². The first-order valence-electron chi connectivity index (χ1n) is 6.28. The maximum absolute atomic E-state index is 13.5. The average molecular weight is 325 g/mol. The molecule has 0 unspecified atom stereocenters. The van der Waals surface area contributed by atoms with Crippen LogP contribution in [0.2, 0.25) is 0 Å². The average Bonchev–Trinajstić information content (AvgIpc) is 2.42. The lowest BCUT2D eigenvalue weighted by atomic mass is 10.1. The van der Waals surface area contributed by atoms with Crippen LogP contribution in [0.25, 0.3) is 0 Å². The second-order valence-electron chi connectivity index (χ2n) is 4.82. The van der Waals surface area contributed by atoms with Crippen LogP contribution in [0.3, 0.4) is 0 Å². The molecule has 0 aliphatic rings. The van der Waals surface area contributed by atoms with Crippen molar-refractivity contribution in [1.82, 2.24) is 0 Å². The molecule has 0 saturated carbocycles. The molecule has 0 atom stereocenters. The second-order valence-corrected chi connectivity index (χ2v) is 6.96. The lowest BCUT2D eigenvalue weighted by Gasteiger charge is -2.08. The van der Waals surface area contributed by atoms with Crippen molar-refractivity contribution >= 4 is 21.4 Å². The van der Waals surface area contributed by atoms with Crippen molar-refractivity contribution in [3.63, 3.8) is 0 Å². The molecule has 0 radical (unpaired) electrons. The predicted molar refractivity (Wildman–Crippen MR) is 79.3 cm³/mol. The Morgan fingerprint density at radius 3 is 2.09 bits per heavy atom. The number of carbonyl (C=O) groups is 1. The molecular weight excluding hydrogens is 312 g/mol. The lowest BCUT2D eigenvalue weighted by Crippen LogP contribution is -2.14. The van der Waals surface area contributed by atoms with Crippen LogP contribution in [0.15, 0.2) is 42.5 Å². The Balaban J connectivity index is 2.17. The van der Waals surface area contributed by atoms with Gasteiger partial charge in [0.05, 0.1) is 5.75 Å². The van der Waals surface area contributed by atoms with Crippen molar-refractivity contribution in [1.29, 1.82) is 0 Å². The van der Waals surface area contributed by atoms with Gasteiger partial charge in [-0.15, -0.1) is 0 Å². The third-order valence-electron chi connectivity index (χ3n) is 2.85. The van der Waals surface area contributed by atoms with Gasteiger partial charge in [-0.2, -0.15) is 0 Å². The van der Waals surface area contributed by atoms with Crippen molar-refractivity contribution in [3.05, 3.63) is 65.2 Å². The van der Waals surface area contributed by atoms with E-state index in [0.29, 0.717) is 5.56 Å². The molecule has 0 bridgehead atoms. The summed E-state index contributed by atoms with van der Waals surface area (Å²) in [6.07, 6.45) is 1.11. The number of sulfone groups is 1. The third-order valence-corrected chi connectivity index (χ3v) is 3.70. The quantitative estimate of drug-likeness (QED) is 0.940. The first-order valence-corrected chi connectivity index (χ1v) is 8.34. The van der Waals surface area contributed by atoms with E-state index < -0.39 is 33.1 Å². The minimum absolute atomic E-state index is 0.142. The smallest absolute Gasteiger partial charge is 0.255 e. The number of halogens is 2. The first kappa shape index (κ1) is 16.1. The van der Waals surface area contributed by atoms with E-state index in [1.807, 2.05) is 0 Å². The number of benzene rings is 2. The first-order chi connectivity index (χ1) is 10.3. The molecule has 2 aromatic carbocycles. The Morgan fingerprint density at radius 2 is 1.59 bits per heavy atom. The van der Waals surface area contributed by atoms with E-state index in [9.17, 15) is 22.0 Å². The Hall–Kier alpha value is -2.28. The highest BCUT2D eigenvalue weighted by Crippen LogP contribution is 2.19. The predicted octanol–water partition coefficient (Wildman–Crippen LogP) is 2.76. The summed E-state index contributed by atoms with van der Waals surface area (Å²) < 4.78 is 49.3. The molecule has 0 heterocycles. The van der Waals surface area contributed by atoms with Crippen LogP contribution >= 0.6 is 0 Å². The Kier molecular flexibility index (Phi) is 4.56. The van der Waals surface area contributed by atoms with E-state index in [1.54, 1.807) is 0 Å². The molecule has 0 spiro atoms. The molecule has 22 heavy (non-hydrogen) atoms. The summed E-state index contributed by atoms with van der Waals surface area (Å²) >= 11 is 0. The van der Waals surface area contributed by atoms with Gasteiger partial charge in [-0.25, -0.2) is 17.2 Å². The number of amides is 1. The van der Waals surface area contributed by atoms with Gasteiger partial charge >= 0.3 is 0 Å². The molecule has 0 fully saturated rings. The monoisotopic (exact) mass is 325 g/mol. The summed E-state index contributed by atoms with van der Waals surface area (Å²) in [5.74, 6) is -2.57. The van der Waals surface area contributed by atoms with Gasteiger partial charge in [-0.05, 0) is 29.8 Å². The van der Waals surface area contributed by atoms with Crippen LogP contribution in [0.4, 0.5) is 14.5 Å². The zero-order valence-electron chi connectivity index (χ0n) is 11.6. The van der Waals surface area contributed by atoms with E-state index in [4.69, 9.17) is 0 Å². The van der Waals surface area contributed by atoms with Gasteiger partial charge in [-0.1, -0.05) is 18.2 Å². The number of nitrogens with one attached hydrogen (secondary N) is 1. The molecule has 1 amide bonds. The lowest BCUT2D eigenvalue weighted by molar-refractivity contribution is 0.102. The fourth-order valence-electron chi connectivity index (χ4n) is 1.86. The van der Waals surface area contributed by atoms with E-state index in [2.05, 4.69) is 5.32 Å². The van der Waals surface area contributed by atoms with Crippen molar-refractivity contribution in [2.24, 2.45) is 0 Å². The van der Waals surface area contributed by atoms with Gasteiger partial charge in [0.1, 0.15) is 17.3 Å². The zero-order chi connectivity index (χ0) is 16.3. The van der Waals surface area contributed by atoms with E-state index in [-0.39, 0.29) is 11.3 Å². The molecule has 0 saturated heterocycles. The molecule has 2 aromatic rings. The number of hydrogen-bond donors (Lipinski definition) is 1. The standard InChI is InChI=1S/C15H13F2NO3S/c1-22(20,21)9-10-5-7-11(8-6-10)15(19)18-14-12(16)3-2-4-13(14)17/h2-8H,9H2,1H3,(H,18,19). The van der Waals surface area contributed by atoms with Crippen LogP contribution in [0.1, 0.15) is 15.9 Å². The number of anilines is 1.